The van der Waals surface area contributed by atoms with E-state index in [9.17, 15) is 13.6 Å². The molecule has 0 unspecified atom stereocenters. The SMILES string of the molecule is Cc1cccc(C(=O)/C=C\Nc2cc(F)cc(F)c2)c1. The van der Waals surface area contributed by atoms with Crippen LogP contribution in [0.3, 0.4) is 0 Å². The summed E-state index contributed by atoms with van der Waals surface area (Å²) in [5, 5.41) is 2.66. The number of benzene rings is 2. The number of hydrogen-bond donors (Lipinski definition) is 1. The van der Waals surface area contributed by atoms with Crippen LogP contribution in [0.2, 0.25) is 0 Å². The van der Waals surface area contributed by atoms with Crippen molar-refractivity contribution in [1.82, 2.24) is 0 Å². The van der Waals surface area contributed by atoms with E-state index in [4.69, 9.17) is 0 Å². The van der Waals surface area contributed by atoms with Crippen LogP contribution in [0.4, 0.5) is 14.5 Å². The molecule has 0 bridgehead atoms. The van der Waals surface area contributed by atoms with Crippen molar-refractivity contribution in [3.8, 4) is 0 Å². The fourth-order valence-corrected chi connectivity index (χ4v) is 1.75. The second-order valence-corrected chi connectivity index (χ2v) is 4.37. The molecule has 2 aromatic carbocycles. The lowest BCUT2D eigenvalue weighted by Crippen LogP contribution is -1.97. The Morgan fingerprint density at radius 3 is 2.45 bits per heavy atom. The van der Waals surface area contributed by atoms with Crippen molar-refractivity contribution in [2.24, 2.45) is 0 Å². The minimum absolute atomic E-state index is 0.182. The third-order valence-electron chi connectivity index (χ3n) is 2.65. The molecule has 0 spiro atoms. The summed E-state index contributed by atoms with van der Waals surface area (Å²) in [7, 11) is 0. The van der Waals surface area contributed by atoms with E-state index >= 15 is 0 Å². The number of carbonyl (C=O) groups excluding carboxylic acids is 1. The first-order valence-corrected chi connectivity index (χ1v) is 6.05. The molecule has 1 N–H and O–H groups in total. The summed E-state index contributed by atoms with van der Waals surface area (Å²) in [6.45, 7) is 1.90. The summed E-state index contributed by atoms with van der Waals surface area (Å²) in [4.78, 5) is 11.8. The Morgan fingerprint density at radius 1 is 1.10 bits per heavy atom. The number of hydrogen-bond acceptors (Lipinski definition) is 2. The molecule has 4 heteroatoms. The van der Waals surface area contributed by atoms with E-state index in [1.165, 1.54) is 12.3 Å². The zero-order chi connectivity index (χ0) is 14.5. The molecule has 0 saturated heterocycles. The molecule has 0 atom stereocenters. The van der Waals surface area contributed by atoms with Crippen molar-refractivity contribution in [2.45, 2.75) is 6.92 Å². The number of halogens is 2. The fourth-order valence-electron chi connectivity index (χ4n) is 1.75. The number of rotatable bonds is 4. The fraction of sp³-hybridized carbons (Fsp3) is 0.0625. The molecule has 0 fully saturated rings. The van der Waals surface area contributed by atoms with E-state index in [2.05, 4.69) is 5.32 Å². The summed E-state index contributed by atoms with van der Waals surface area (Å²) in [5.41, 5.74) is 1.80. The van der Waals surface area contributed by atoms with Crippen LogP contribution in [0, 0.1) is 18.6 Å². The molecular formula is C16H13F2NO. The van der Waals surface area contributed by atoms with Crippen LogP contribution in [0.15, 0.2) is 54.7 Å². The van der Waals surface area contributed by atoms with E-state index in [1.54, 1.807) is 18.2 Å². The second-order valence-electron chi connectivity index (χ2n) is 4.37. The van der Waals surface area contributed by atoms with Crippen LogP contribution in [-0.2, 0) is 0 Å². The van der Waals surface area contributed by atoms with Crippen molar-refractivity contribution in [2.75, 3.05) is 5.32 Å². The Kier molecular flexibility index (Phi) is 4.25. The van der Waals surface area contributed by atoms with Gasteiger partial charge in [-0.1, -0.05) is 23.8 Å². The van der Waals surface area contributed by atoms with Crippen LogP contribution in [-0.4, -0.2) is 5.78 Å². The van der Waals surface area contributed by atoms with Gasteiger partial charge in [0.2, 0.25) is 0 Å². The van der Waals surface area contributed by atoms with Gasteiger partial charge < -0.3 is 5.32 Å². The van der Waals surface area contributed by atoms with Crippen LogP contribution < -0.4 is 5.32 Å². The van der Waals surface area contributed by atoms with Crippen LogP contribution in [0.1, 0.15) is 15.9 Å². The van der Waals surface area contributed by atoms with Gasteiger partial charge in [0, 0.05) is 29.6 Å². The van der Waals surface area contributed by atoms with Gasteiger partial charge in [0.15, 0.2) is 5.78 Å². The Balaban J connectivity index is 2.04. The molecule has 2 aromatic rings. The van der Waals surface area contributed by atoms with Gasteiger partial charge in [0.1, 0.15) is 11.6 Å². The highest BCUT2D eigenvalue weighted by Gasteiger charge is 2.02. The third-order valence-corrected chi connectivity index (χ3v) is 2.65. The molecule has 0 amide bonds. The molecule has 20 heavy (non-hydrogen) atoms. The summed E-state index contributed by atoms with van der Waals surface area (Å²) in [6, 6.07) is 10.2. The van der Waals surface area contributed by atoms with E-state index in [0.717, 1.165) is 23.8 Å². The molecular weight excluding hydrogens is 260 g/mol. The molecule has 0 saturated carbocycles. The third kappa shape index (κ3) is 3.75. The van der Waals surface area contributed by atoms with E-state index < -0.39 is 11.6 Å². The molecule has 2 rings (SSSR count). The number of anilines is 1. The lowest BCUT2D eigenvalue weighted by molar-refractivity contribution is 0.104. The minimum Gasteiger partial charge on any atom is -0.361 e. The highest BCUT2D eigenvalue weighted by atomic mass is 19.1. The van der Waals surface area contributed by atoms with E-state index in [0.29, 0.717) is 5.56 Å². The molecule has 0 radical (unpaired) electrons. The standard InChI is InChI=1S/C16H13F2NO/c1-11-3-2-4-12(7-11)16(20)5-6-19-15-9-13(17)8-14(18)10-15/h2-10,19H,1H3/b6-5-. The quantitative estimate of drug-likeness (QED) is 0.671. The van der Waals surface area contributed by atoms with Crippen molar-refractivity contribution < 1.29 is 13.6 Å². The number of carbonyl (C=O) groups is 1. The van der Waals surface area contributed by atoms with Gasteiger partial charge in [0.25, 0.3) is 0 Å². The average molecular weight is 273 g/mol. The van der Waals surface area contributed by atoms with Crippen LogP contribution in [0.5, 0.6) is 0 Å². The first-order chi connectivity index (χ1) is 9.54. The Morgan fingerprint density at radius 2 is 1.80 bits per heavy atom. The van der Waals surface area contributed by atoms with E-state index in [1.807, 2.05) is 13.0 Å². The molecule has 0 heterocycles. The van der Waals surface area contributed by atoms with Crippen LogP contribution in [0.25, 0.3) is 0 Å². The van der Waals surface area contributed by atoms with Gasteiger partial charge in [-0.05, 0) is 25.1 Å². The molecule has 0 aromatic heterocycles. The van der Waals surface area contributed by atoms with Gasteiger partial charge in [-0.3, -0.25) is 4.79 Å². The summed E-state index contributed by atoms with van der Waals surface area (Å²) in [6.07, 6.45) is 2.68. The van der Waals surface area contributed by atoms with Crippen LogP contribution >= 0.6 is 0 Å². The average Bonchev–Trinajstić information content (AvgIpc) is 2.37. The minimum atomic E-state index is -0.675. The van der Waals surface area contributed by atoms with Crippen molar-refractivity contribution in [3.05, 3.63) is 77.5 Å². The van der Waals surface area contributed by atoms with Gasteiger partial charge in [-0.15, -0.1) is 0 Å². The largest absolute Gasteiger partial charge is 0.361 e. The highest BCUT2D eigenvalue weighted by Crippen LogP contribution is 2.13. The maximum Gasteiger partial charge on any atom is 0.187 e. The van der Waals surface area contributed by atoms with Gasteiger partial charge >= 0.3 is 0 Å². The second kappa shape index (κ2) is 6.10. The molecule has 0 aliphatic heterocycles. The highest BCUT2D eigenvalue weighted by molar-refractivity contribution is 6.04. The van der Waals surface area contributed by atoms with Gasteiger partial charge in [-0.25, -0.2) is 8.78 Å². The maximum absolute atomic E-state index is 13.0. The van der Waals surface area contributed by atoms with Crippen molar-refractivity contribution in [3.63, 3.8) is 0 Å². The summed E-state index contributed by atoms with van der Waals surface area (Å²) >= 11 is 0. The molecule has 0 aliphatic carbocycles. The predicted molar refractivity (Wildman–Crippen MR) is 74.6 cm³/mol. The number of nitrogens with one attached hydrogen (secondary N) is 1. The summed E-state index contributed by atoms with van der Waals surface area (Å²) in [5.74, 6) is -1.53. The zero-order valence-corrected chi connectivity index (χ0v) is 10.9. The zero-order valence-electron chi connectivity index (χ0n) is 10.9. The smallest absolute Gasteiger partial charge is 0.187 e. The molecule has 0 aliphatic rings. The number of ketones is 1. The Bertz CT molecular complexity index is 645. The lowest BCUT2D eigenvalue weighted by atomic mass is 10.1. The lowest BCUT2D eigenvalue weighted by Gasteiger charge is -2.01. The Labute approximate surface area is 115 Å². The monoisotopic (exact) mass is 273 g/mol. The number of allylic oxidation sites excluding steroid dienone is 1. The topological polar surface area (TPSA) is 29.1 Å². The molecule has 102 valence electrons. The van der Waals surface area contributed by atoms with E-state index in [-0.39, 0.29) is 11.5 Å². The van der Waals surface area contributed by atoms with Crippen molar-refractivity contribution >= 4 is 11.5 Å². The first-order valence-electron chi connectivity index (χ1n) is 6.05. The van der Waals surface area contributed by atoms with Gasteiger partial charge in [-0.2, -0.15) is 0 Å². The maximum atomic E-state index is 13.0. The Hall–Kier alpha value is -2.49. The van der Waals surface area contributed by atoms with Crippen molar-refractivity contribution in [1.29, 1.82) is 0 Å². The first kappa shape index (κ1) is 13.9. The van der Waals surface area contributed by atoms with Gasteiger partial charge in [0.05, 0.1) is 0 Å². The number of aryl methyl sites for hydroxylation is 1. The normalized spacial score (nSPS) is 10.8. The summed E-state index contributed by atoms with van der Waals surface area (Å²) < 4.78 is 25.9. The predicted octanol–water partition coefficient (Wildman–Crippen LogP) is 4.08. The molecule has 2 nitrogen and oxygen atoms in total.